The number of hydrogen-bond acceptors (Lipinski definition) is 4. The van der Waals surface area contributed by atoms with Crippen molar-refractivity contribution in [3.8, 4) is 0 Å². The van der Waals surface area contributed by atoms with E-state index in [1.54, 1.807) is 0 Å². The van der Waals surface area contributed by atoms with E-state index in [4.69, 9.17) is 4.74 Å². The number of rotatable bonds is 5. The molecule has 1 fully saturated rings. The minimum atomic E-state index is -0.222. The Morgan fingerprint density at radius 2 is 1.83 bits per heavy atom. The zero-order valence-corrected chi connectivity index (χ0v) is 14.9. The Morgan fingerprint density at radius 1 is 1.17 bits per heavy atom. The third kappa shape index (κ3) is 5.32. The van der Waals surface area contributed by atoms with E-state index in [-0.39, 0.29) is 37.1 Å². The second kappa shape index (κ2) is 8.26. The van der Waals surface area contributed by atoms with Crippen LogP contribution in [0.3, 0.4) is 0 Å². The van der Waals surface area contributed by atoms with Crippen molar-refractivity contribution in [2.24, 2.45) is 0 Å². The molecular weight excluding hydrogens is 306 g/mol. The summed E-state index contributed by atoms with van der Waals surface area (Å²) in [7, 11) is 0. The van der Waals surface area contributed by atoms with Crippen LogP contribution < -0.4 is 10.6 Å². The molecule has 1 aromatic rings. The number of benzene rings is 1. The first-order valence-corrected chi connectivity index (χ1v) is 8.35. The summed E-state index contributed by atoms with van der Waals surface area (Å²) >= 11 is 0. The first-order chi connectivity index (χ1) is 11.3. The zero-order valence-electron chi connectivity index (χ0n) is 14.9. The van der Waals surface area contributed by atoms with Gasteiger partial charge in [0.2, 0.25) is 11.8 Å². The predicted octanol–water partition coefficient (Wildman–Crippen LogP) is 1.47. The van der Waals surface area contributed by atoms with Crippen LogP contribution >= 0.6 is 0 Å². The first-order valence-electron chi connectivity index (χ1n) is 8.35. The van der Waals surface area contributed by atoms with Crippen molar-refractivity contribution >= 4 is 17.5 Å². The predicted molar refractivity (Wildman–Crippen MR) is 94.0 cm³/mol. The Balaban J connectivity index is 1.77. The second-order valence-electron chi connectivity index (χ2n) is 6.52. The molecule has 1 aliphatic heterocycles. The molecule has 1 aliphatic rings. The normalized spacial score (nSPS) is 21.3. The lowest BCUT2D eigenvalue weighted by molar-refractivity contribution is -0.128. The highest BCUT2D eigenvalue weighted by Crippen LogP contribution is 2.17. The van der Waals surface area contributed by atoms with E-state index in [1.165, 1.54) is 0 Å². The van der Waals surface area contributed by atoms with Gasteiger partial charge in [-0.25, -0.2) is 0 Å². The molecule has 2 unspecified atom stereocenters. The van der Waals surface area contributed by atoms with E-state index in [9.17, 15) is 9.59 Å². The maximum atomic E-state index is 12.0. The number of hydrogen-bond donors (Lipinski definition) is 2. The molecule has 2 N–H and O–H groups in total. The summed E-state index contributed by atoms with van der Waals surface area (Å²) in [5, 5.41) is 5.52. The lowest BCUT2D eigenvalue weighted by atomic mass is 10.1. The summed E-state index contributed by atoms with van der Waals surface area (Å²) in [6, 6.07) is 5.76. The average Bonchev–Trinajstić information content (AvgIpc) is 2.49. The van der Waals surface area contributed by atoms with Gasteiger partial charge in [0.1, 0.15) is 0 Å². The monoisotopic (exact) mass is 333 g/mol. The maximum absolute atomic E-state index is 12.0. The number of morpholine rings is 1. The number of carbonyl (C=O) groups excluding carboxylic acids is 2. The van der Waals surface area contributed by atoms with Gasteiger partial charge in [0.25, 0.3) is 0 Å². The summed E-state index contributed by atoms with van der Waals surface area (Å²) in [6.45, 7) is 9.67. The fraction of sp³-hybridized carbons (Fsp3) is 0.556. The van der Waals surface area contributed by atoms with Gasteiger partial charge in [-0.2, -0.15) is 0 Å². The van der Waals surface area contributed by atoms with E-state index in [0.29, 0.717) is 0 Å². The van der Waals surface area contributed by atoms with Gasteiger partial charge in [0, 0.05) is 18.8 Å². The quantitative estimate of drug-likeness (QED) is 0.856. The van der Waals surface area contributed by atoms with Crippen LogP contribution in [0.2, 0.25) is 0 Å². The van der Waals surface area contributed by atoms with Crippen molar-refractivity contribution in [2.45, 2.75) is 39.9 Å². The Labute approximate surface area is 143 Å². The van der Waals surface area contributed by atoms with Crippen LogP contribution in [0.15, 0.2) is 18.2 Å². The van der Waals surface area contributed by atoms with Gasteiger partial charge in [-0.15, -0.1) is 0 Å². The third-order valence-corrected chi connectivity index (χ3v) is 4.19. The van der Waals surface area contributed by atoms with Crippen LogP contribution in [-0.4, -0.2) is 55.1 Å². The van der Waals surface area contributed by atoms with Crippen LogP contribution in [0, 0.1) is 13.8 Å². The number of anilines is 1. The SMILES string of the molecule is Cc1cccc(NC(=O)CNC(=O)CN2CC(C)OC(C)C2)c1C. The van der Waals surface area contributed by atoms with E-state index >= 15 is 0 Å². The lowest BCUT2D eigenvalue weighted by Gasteiger charge is -2.34. The minimum absolute atomic E-state index is 0.0261. The highest BCUT2D eigenvalue weighted by molar-refractivity contribution is 5.95. The fourth-order valence-electron chi connectivity index (χ4n) is 2.93. The maximum Gasteiger partial charge on any atom is 0.243 e. The van der Waals surface area contributed by atoms with Crippen molar-refractivity contribution in [2.75, 3.05) is 31.5 Å². The van der Waals surface area contributed by atoms with Crippen LogP contribution in [-0.2, 0) is 14.3 Å². The Bertz CT molecular complexity index is 593. The van der Waals surface area contributed by atoms with Crippen LogP contribution in [0.1, 0.15) is 25.0 Å². The van der Waals surface area contributed by atoms with Gasteiger partial charge >= 0.3 is 0 Å². The molecule has 6 nitrogen and oxygen atoms in total. The van der Waals surface area contributed by atoms with Gasteiger partial charge in [0.05, 0.1) is 25.3 Å². The molecule has 132 valence electrons. The largest absolute Gasteiger partial charge is 0.373 e. The summed E-state index contributed by atoms with van der Waals surface area (Å²) in [4.78, 5) is 26.1. The number of amides is 2. The van der Waals surface area contributed by atoms with Crippen molar-refractivity contribution in [3.63, 3.8) is 0 Å². The average molecular weight is 333 g/mol. The smallest absolute Gasteiger partial charge is 0.243 e. The number of nitrogens with zero attached hydrogens (tertiary/aromatic N) is 1. The molecule has 0 bridgehead atoms. The standard InChI is InChI=1S/C18H27N3O3/c1-12-6-5-7-16(15(12)4)20-17(22)8-19-18(23)11-21-9-13(2)24-14(3)10-21/h5-7,13-14H,8-11H2,1-4H3,(H,19,23)(H,20,22). The minimum Gasteiger partial charge on any atom is -0.373 e. The van der Waals surface area contributed by atoms with Crippen LogP contribution in [0.4, 0.5) is 5.69 Å². The molecule has 24 heavy (non-hydrogen) atoms. The van der Waals surface area contributed by atoms with E-state index in [1.807, 2.05) is 45.9 Å². The van der Waals surface area contributed by atoms with Crippen molar-refractivity contribution in [1.82, 2.24) is 10.2 Å². The molecule has 6 heteroatoms. The molecule has 0 aliphatic carbocycles. The molecule has 0 aromatic heterocycles. The van der Waals surface area contributed by atoms with Crippen molar-refractivity contribution in [1.29, 1.82) is 0 Å². The molecular formula is C18H27N3O3. The van der Waals surface area contributed by atoms with Gasteiger partial charge in [-0.05, 0) is 44.9 Å². The van der Waals surface area contributed by atoms with E-state index in [0.717, 1.165) is 29.9 Å². The first kappa shape index (κ1) is 18.4. The number of nitrogens with one attached hydrogen (secondary N) is 2. The highest BCUT2D eigenvalue weighted by Gasteiger charge is 2.23. The van der Waals surface area contributed by atoms with Crippen LogP contribution in [0.25, 0.3) is 0 Å². The Morgan fingerprint density at radius 3 is 2.50 bits per heavy atom. The fourth-order valence-corrected chi connectivity index (χ4v) is 2.93. The van der Waals surface area contributed by atoms with Gasteiger partial charge < -0.3 is 15.4 Å². The van der Waals surface area contributed by atoms with Gasteiger partial charge in [-0.3, -0.25) is 14.5 Å². The molecule has 2 atom stereocenters. The van der Waals surface area contributed by atoms with Gasteiger partial charge in [0.15, 0.2) is 0 Å². The number of ether oxygens (including phenoxy) is 1. The Hall–Kier alpha value is -1.92. The third-order valence-electron chi connectivity index (χ3n) is 4.19. The molecule has 2 rings (SSSR count). The topological polar surface area (TPSA) is 70.7 Å². The summed E-state index contributed by atoms with van der Waals surface area (Å²) in [6.07, 6.45) is 0.239. The van der Waals surface area contributed by atoms with Crippen molar-refractivity contribution in [3.05, 3.63) is 29.3 Å². The van der Waals surface area contributed by atoms with Crippen LogP contribution in [0.5, 0.6) is 0 Å². The molecule has 1 aromatic carbocycles. The molecule has 2 amide bonds. The number of carbonyl (C=O) groups is 2. The molecule has 0 radical (unpaired) electrons. The zero-order chi connectivity index (χ0) is 17.7. The molecule has 1 saturated heterocycles. The molecule has 0 spiro atoms. The lowest BCUT2D eigenvalue weighted by Crippen LogP contribution is -2.49. The van der Waals surface area contributed by atoms with Gasteiger partial charge in [-0.1, -0.05) is 12.1 Å². The summed E-state index contributed by atoms with van der Waals surface area (Å²) in [5.74, 6) is -0.367. The second-order valence-corrected chi connectivity index (χ2v) is 6.52. The highest BCUT2D eigenvalue weighted by atomic mass is 16.5. The summed E-state index contributed by atoms with van der Waals surface area (Å²) in [5.41, 5.74) is 2.94. The molecule has 0 saturated carbocycles. The van der Waals surface area contributed by atoms with E-state index in [2.05, 4.69) is 15.5 Å². The van der Waals surface area contributed by atoms with Crippen molar-refractivity contribution < 1.29 is 14.3 Å². The number of aryl methyl sites for hydroxylation is 1. The Kier molecular flexibility index (Phi) is 6.34. The van der Waals surface area contributed by atoms with E-state index < -0.39 is 0 Å². The molecule has 1 heterocycles. The summed E-state index contributed by atoms with van der Waals surface area (Å²) < 4.78 is 5.65.